The molecule has 0 aliphatic rings. The molecule has 0 saturated heterocycles. The summed E-state index contributed by atoms with van der Waals surface area (Å²) in [6.45, 7) is 4.78. The van der Waals surface area contributed by atoms with Gasteiger partial charge in [-0.15, -0.1) is 23.7 Å². The largest absolute Gasteiger partial charge is 0.354 e. The maximum atomic E-state index is 11.6. The molecule has 3 nitrogen and oxygen atoms in total. The van der Waals surface area contributed by atoms with Crippen LogP contribution in [-0.2, 0) is 11.2 Å². The number of thiophene rings is 1. The molecule has 1 atom stereocenters. The molecule has 0 unspecified atom stereocenters. The van der Waals surface area contributed by atoms with Crippen LogP contribution >= 0.6 is 39.7 Å². The summed E-state index contributed by atoms with van der Waals surface area (Å²) in [7, 11) is 0. The number of nitrogens with one attached hydrogen (secondary N) is 1. The number of amides is 1. The summed E-state index contributed by atoms with van der Waals surface area (Å²) in [5, 5.41) is 2.87. The van der Waals surface area contributed by atoms with E-state index in [-0.39, 0.29) is 24.4 Å². The first-order valence-electron chi connectivity index (χ1n) is 5.76. The van der Waals surface area contributed by atoms with Crippen molar-refractivity contribution in [2.45, 2.75) is 32.7 Å². The highest BCUT2D eigenvalue weighted by Gasteiger charge is 2.14. The van der Waals surface area contributed by atoms with E-state index in [0.717, 1.165) is 16.6 Å². The molecule has 1 amide bonds. The van der Waals surface area contributed by atoms with Crippen LogP contribution in [0, 0.1) is 5.92 Å². The zero-order chi connectivity index (χ0) is 12.8. The molecule has 1 heterocycles. The summed E-state index contributed by atoms with van der Waals surface area (Å²) < 4.78 is 1.12. The Kier molecular flexibility index (Phi) is 8.86. The second-order valence-electron chi connectivity index (χ2n) is 4.48. The van der Waals surface area contributed by atoms with Gasteiger partial charge >= 0.3 is 0 Å². The summed E-state index contributed by atoms with van der Waals surface area (Å²) in [5.74, 6) is 0.401. The lowest BCUT2D eigenvalue weighted by Gasteiger charge is -2.13. The molecule has 1 aromatic rings. The molecule has 1 aromatic heterocycles. The monoisotopic (exact) mass is 354 g/mol. The van der Waals surface area contributed by atoms with E-state index in [1.807, 2.05) is 6.07 Å². The molecular weight excluding hydrogens is 336 g/mol. The normalized spacial score (nSPS) is 12.1. The van der Waals surface area contributed by atoms with E-state index < -0.39 is 0 Å². The third kappa shape index (κ3) is 6.73. The van der Waals surface area contributed by atoms with E-state index in [2.05, 4.69) is 41.2 Å². The Morgan fingerprint density at radius 2 is 2.17 bits per heavy atom. The van der Waals surface area contributed by atoms with E-state index >= 15 is 0 Å². The zero-order valence-electron chi connectivity index (χ0n) is 10.6. The standard InChI is InChI=1S/C12H19BrN2OS.ClH/c1-8(2)7-10(14)12(16)15-6-5-9-3-4-11(13)17-9;/h3-4,8,10H,5-7,14H2,1-2H3,(H,15,16);1H/t10-;/m0./s1. The lowest BCUT2D eigenvalue weighted by molar-refractivity contribution is -0.122. The van der Waals surface area contributed by atoms with Gasteiger partial charge in [0, 0.05) is 11.4 Å². The number of nitrogens with two attached hydrogens (primary N) is 1. The minimum absolute atomic E-state index is 0. The van der Waals surface area contributed by atoms with E-state index in [4.69, 9.17) is 5.73 Å². The third-order valence-corrected chi connectivity index (χ3v) is 4.05. The van der Waals surface area contributed by atoms with Gasteiger partial charge in [-0.25, -0.2) is 0 Å². The lowest BCUT2D eigenvalue weighted by Crippen LogP contribution is -2.42. The van der Waals surface area contributed by atoms with Crippen LogP contribution in [0.1, 0.15) is 25.1 Å². The first kappa shape index (κ1) is 17.9. The van der Waals surface area contributed by atoms with Crippen LogP contribution in [0.2, 0.25) is 0 Å². The maximum Gasteiger partial charge on any atom is 0.236 e. The Labute approximate surface area is 127 Å². The van der Waals surface area contributed by atoms with Crippen molar-refractivity contribution < 1.29 is 4.79 Å². The summed E-state index contributed by atoms with van der Waals surface area (Å²) >= 11 is 5.11. The van der Waals surface area contributed by atoms with Crippen molar-refractivity contribution in [3.63, 3.8) is 0 Å². The highest BCUT2D eigenvalue weighted by Crippen LogP contribution is 2.22. The van der Waals surface area contributed by atoms with Crippen LogP contribution in [-0.4, -0.2) is 18.5 Å². The number of carbonyl (C=O) groups excluding carboxylic acids is 1. The van der Waals surface area contributed by atoms with E-state index in [1.165, 1.54) is 4.88 Å². The van der Waals surface area contributed by atoms with Gasteiger partial charge in [-0.1, -0.05) is 13.8 Å². The molecule has 3 N–H and O–H groups in total. The Bertz CT molecular complexity index is 371. The van der Waals surface area contributed by atoms with Crippen LogP contribution in [0.4, 0.5) is 0 Å². The highest BCUT2D eigenvalue weighted by molar-refractivity contribution is 9.11. The van der Waals surface area contributed by atoms with Crippen LogP contribution in [0.3, 0.4) is 0 Å². The number of rotatable bonds is 6. The molecule has 0 fully saturated rings. The third-order valence-electron chi connectivity index (χ3n) is 2.36. The molecule has 0 radical (unpaired) electrons. The molecule has 0 aliphatic carbocycles. The van der Waals surface area contributed by atoms with Gasteiger partial charge in [-0.2, -0.15) is 0 Å². The SMILES string of the molecule is CC(C)C[C@H](N)C(=O)NCCc1ccc(Br)s1.Cl. The fourth-order valence-corrected chi connectivity index (χ4v) is 3.02. The highest BCUT2D eigenvalue weighted by atomic mass is 79.9. The molecule has 0 saturated carbocycles. The molecule has 0 aromatic carbocycles. The first-order valence-corrected chi connectivity index (χ1v) is 7.37. The summed E-state index contributed by atoms with van der Waals surface area (Å²) in [5.41, 5.74) is 5.78. The van der Waals surface area contributed by atoms with Gasteiger partial charge in [0.2, 0.25) is 5.91 Å². The summed E-state index contributed by atoms with van der Waals surface area (Å²) in [4.78, 5) is 12.9. The van der Waals surface area contributed by atoms with Gasteiger partial charge < -0.3 is 11.1 Å². The summed E-state index contributed by atoms with van der Waals surface area (Å²) in [6.07, 6.45) is 1.59. The molecule has 6 heteroatoms. The molecular formula is C12H20BrClN2OS. The second kappa shape index (κ2) is 8.91. The van der Waals surface area contributed by atoms with E-state index in [9.17, 15) is 4.79 Å². The quantitative estimate of drug-likeness (QED) is 0.824. The Hall–Kier alpha value is -0.100. The number of halogens is 2. The number of carbonyl (C=O) groups is 1. The zero-order valence-corrected chi connectivity index (χ0v) is 13.8. The molecule has 1 rings (SSSR count). The van der Waals surface area contributed by atoms with Crippen molar-refractivity contribution in [3.8, 4) is 0 Å². The Balaban J connectivity index is 0.00000289. The average Bonchev–Trinajstić information content (AvgIpc) is 2.63. The molecule has 0 spiro atoms. The number of hydrogen-bond donors (Lipinski definition) is 2. The summed E-state index contributed by atoms with van der Waals surface area (Å²) in [6, 6.07) is 3.70. The molecule has 0 bridgehead atoms. The first-order chi connectivity index (χ1) is 7.99. The topological polar surface area (TPSA) is 55.1 Å². The van der Waals surface area contributed by atoms with Crippen molar-refractivity contribution in [1.82, 2.24) is 5.32 Å². The van der Waals surface area contributed by atoms with E-state index in [0.29, 0.717) is 12.5 Å². The Morgan fingerprint density at radius 1 is 1.50 bits per heavy atom. The minimum atomic E-state index is -0.384. The van der Waals surface area contributed by atoms with Crippen LogP contribution in [0.25, 0.3) is 0 Å². The minimum Gasteiger partial charge on any atom is -0.354 e. The van der Waals surface area contributed by atoms with Gasteiger partial charge in [0.25, 0.3) is 0 Å². The maximum absolute atomic E-state index is 11.6. The molecule has 104 valence electrons. The smallest absolute Gasteiger partial charge is 0.236 e. The van der Waals surface area contributed by atoms with Crippen molar-refractivity contribution in [2.75, 3.05) is 6.54 Å². The lowest BCUT2D eigenvalue weighted by atomic mass is 10.0. The predicted octanol–water partition coefficient (Wildman–Crippen LogP) is 2.96. The Morgan fingerprint density at radius 3 is 2.67 bits per heavy atom. The van der Waals surface area contributed by atoms with Gasteiger partial charge in [-0.3, -0.25) is 4.79 Å². The predicted molar refractivity (Wildman–Crippen MR) is 83.4 cm³/mol. The number of hydrogen-bond acceptors (Lipinski definition) is 3. The fraction of sp³-hybridized carbons (Fsp3) is 0.583. The van der Waals surface area contributed by atoms with Crippen molar-refractivity contribution >= 4 is 45.6 Å². The van der Waals surface area contributed by atoms with E-state index in [1.54, 1.807) is 11.3 Å². The van der Waals surface area contributed by atoms with Gasteiger partial charge in [-0.05, 0) is 46.8 Å². The van der Waals surface area contributed by atoms with Crippen LogP contribution in [0.5, 0.6) is 0 Å². The molecule has 18 heavy (non-hydrogen) atoms. The van der Waals surface area contributed by atoms with Crippen molar-refractivity contribution in [2.24, 2.45) is 11.7 Å². The van der Waals surface area contributed by atoms with Gasteiger partial charge in [0.1, 0.15) is 0 Å². The van der Waals surface area contributed by atoms with Crippen LogP contribution < -0.4 is 11.1 Å². The van der Waals surface area contributed by atoms with Crippen molar-refractivity contribution in [3.05, 3.63) is 20.8 Å². The fourth-order valence-electron chi connectivity index (χ4n) is 1.54. The van der Waals surface area contributed by atoms with Gasteiger partial charge in [0.05, 0.1) is 9.83 Å². The average molecular weight is 356 g/mol. The van der Waals surface area contributed by atoms with Crippen LogP contribution in [0.15, 0.2) is 15.9 Å². The van der Waals surface area contributed by atoms with Crippen molar-refractivity contribution in [1.29, 1.82) is 0 Å². The van der Waals surface area contributed by atoms with Gasteiger partial charge in [0.15, 0.2) is 0 Å². The molecule has 0 aliphatic heterocycles. The second-order valence-corrected chi connectivity index (χ2v) is 7.03.